The van der Waals surface area contributed by atoms with Crippen molar-refractivity contribution in [1.82, 2.24) is 24.6 Å². The van der Waals surface area contributed by atoms with E-state index in [0.29, 0.717) is 13.1 Å². The number of aromatic hydroxyl groups is 1. The average Bonchev–Trinajstić information content (AvgIpc) is 3.35. The van der Waals surface area contributed by atoms with Crippen molar-refractivity contribution in [2.75, 3.05) is 6.54 Å². The predicted molar refractivity (Wildman–Crippen MR) is 116 cm³/mol. The summed E-state index contributed by atoms with van der Waals surface area (Å²) in [4.78, 5) is 30.0. The fourth-order valence-electron chi connectivity index (χ4n) is 5.08. The summed E-state index contributed by atoms with van der Waals surface area (Å²) >= 11 is 0. The topological polar surface area (TPSA) is 102 Å². The van der Waals surface area contributed by atoms with Crippen LogP contribution in [0.3, 0.4) is 0 Å². The number of rotatable bonds is 0. The molecular weight excluding hydrogens is 394 g/mol. The SMILES string of the molecule is Cc1cn2c3nc(ccc13)CCCCNC(=O)c1nn(cc(O)c1=O)CC21CCCC1. The molecule has 4 bridgehead atoms. The van der Waals surface area contributed by atoms with Crippen LogP contribution in [0.5, 0.6) is 5.75 Å². The number of aryl methyl sites for hydroxylation is 2. The van der Waals surface area contributed by atoms with Crippen LogP contribution in [0.25, 0.3) is 11.0 Å². The highest BCUT2D eigenvalue weighted by molar-refractivity contribution is 5.92. The van der Waals surface area contributed by atoms with Gasteiger partial charge >= 0.3 is 0 Å². The Labute approximate surface area is 179 Å². The maximum absolute atomic E-state index is 12.6. The summed E-state index contributed by atoms with van der Waals surface area (Å²) in [6.45, 7) is 3.00. The highest BCUT2D eigenvalue weighted by Gasteiger charge is 2.38. The van der Waals surface area contributed by atoms with Crippen molar-refractivity contribution in [1.29, 1.82) is 0 Å². The van der Waals surface area contributed by atoms with Crippen molar-refractivity contribution in [2.24, 2.45) is 0 Å². The lowest BCUT2D eigenvalue weighted by Crippen LogP contribution is -2.38. The van der Waals surface area contributed by atoms with Crippen LogP contribution in [-0.4, -0.2) is 36.9 Å². The third-order valence-corrected chi connectivity index (χ3v) is 6.72. The maximum Gasteiger partial charge on any atom is 0.275 e. The molecule has 162 valence electrons. The summed E-state index contributed by atoms with van der Waals surface area (Å²) in [7, 11) is 0. The van der Waals surface area contributed by atoms with E-state index in [0.717, 1.165) is 61.7 Å². The molecule has 1 aliphatic carbocycles. The smallest absolute Gasteiger partial charge is 0.275 e. The highest BCUT2D eigenvalue weighted by atomic mass is 16.3. The molecule has 1 aliphatic heterocycles. The molecule has 0 saturated heterocycles. The van der Waals surface area contributed by atoms with E-state index in [-0.39, 0.29) is 11.2 Å². The van der Waals surface area contributed by atoms with Crippen LogP contribution in [-0.2, 0) is 18.5 Å². The van der Waals surface area contributed by atoms with Gasteiger partial charge in [0, 0.05) is 23.8 Å². The number of carbonyl (C=O) groups excluding carboxylic acids is 1. The van der Waals surface area contributed by atoms with Gasteiger partial charge in [-0.3, -0.25) is 14.3 Å². The van der Waals surface area contributed by atoms with E-state index < -0.39 is 17.1 Å². The minimum atomic E-state index is -0.731. The molecule has 1 spiro atoms. The molecule has 2 aliphatic rings. The van der Waals surface area contributed by atoms with Gasteiger partial charge in [-0.1, -0.05) is 12.8 Å². The molecule has 8 nitrogen and oxygen atoms in total. The lowest BCUT2D eigenvalue weighted by molar-refractivity contribution is 0.0942. The zero-order valence-corrected chi connectivity index (χ0v) is 17.7. The summed E-state index contributed by atoms with van der Waals surface area (Å²) in [5.41, 5.74) is 1.94. The summed E-state index contributed by atoms with van der Waals surface area (Å²) < 4.78 is 3.84. The number of hydrogen-bond donors (Lipinski definition) is 2. The van der Waals surface area contributed by atoms with Gasteiger partial charge in [0.15, 0.2) is 11.4 Å². The van der Waals surface area contributed by atoms with E-state index in [2.05, 4.69) is 40.2 Å². The third-order valence-electron chi connectivity index (χ3n) is 6.72. The van der Waals surface area contributed by atoms with E-state index in [4.69, 9.17) is 4.98 Å². The van der Waals surface area contributed by atoms with Crippen LogP contribution in [0.2, 0.25) is 0 Å². The van der Waals surface area contributed by atoms with Gasteiger partial charge in [-0.2, -0.15) is 5.10 Å². The first-order chi connectivity index (χ1) is 15.0. The second-order valence-electron chi connectivity index (χ2n) is 8.89. The Kier molecular flexibility index (Phi) is 4.79. The molecule has 0 radical (unpaired) electrons. The first-order valence-electron chi connectivity index (χ1n) is 11.0. The number of carbonyl (C=O) groups is 1. The Bertz CT molecular complexity index is 1220. The van der Waals surface area contributed by atoms with Gasteiger partial charge in [0.2, 0.25) is 0 Å². The van der Waals surface area contributed by atoms with E-state index in [1.165, 1.54) is 11.8 Å². The summed E-state index contributed by atoms with van der Waals surface area (Å²) in [5.74, 6) is -0.991. The number of amides is 1. The third kappa shape index (κ3) is 3.40. The van der Waals surface area contributed by atoms with Gasteiger partial charge in [-0.15, -0.1) is 0 Å². The normalized spacial score (nSPS) is 18.8. The monoisotopic (exact) mass is 421 g/mol. The summed E-state index contributed by atoms with van der Waals surface area (Å²) in [6.07, 6.45) is 10.0. The molecule has 1 saturated carbocycles. The molecule has 3 aromatic rings. The molecule has 3 aromatic heterocycles. The summed E-state index contributed by atoms with van der Waals surface area (Å²) in [6, 6.07) is 4.26. The first kappa shape index (κ1) is 19.8. The molecule has 0 atom stereocenters. The molecule has 1 amide bonds. The quantitative estimate of drug-likeness (QED) is 0.581. The Morgan fingerprint density at radius 2 is 1.90 bits per heavy atom. The van der Waals surface area contributed by atoms with Gasteiger partial charge in [0.05, 0.1) is 18.3 Å². The van der Waals surface area contributed by atoms with Crippen molar-refractivity contribution >= 4 is 16.9 Å². The fraction of sp³-hybridized carbons (Fsp3) is 0.478. The average molecular weight is 422 g/mol. The van der Waals surface area contributed by atoms with Crippen LogP contribution < -0.4 is 10.7 Å². The van der Waals surface area contributed by atoms with Crippen LogP contribution in [0, 0.1) is 6.92 Å². The minimum absolute atomic E-state index is 0.254. The number of nitrogens with one attached hydrogen (secondary N) is 1. The molecule has 1 fully saturated rings. The highest BCUT2D eigenvalue weighted by Crippen LogP contribution is 2.41. The van der Waals surface area contributed by atoms with Crippen LogP contribution in [0.1, 0.15) is 60.3 Å². The molecule has 2 N–H and O–H groups in total. The van der Waals surface area contributed by atoms with Crippen molar-refractivity contribution in [3.05, 3.63) is 51.7 Å². The van der Waals surface area contributed by atoms with Crippen LogP contribution in [0.4, 0.5) is 0 Å². The Hall–Kier alpha value is -3.16. The van der Waals surface area contributed by atoms with E-state index in [9.17, 15) is 14.7 Å². The van der Waals surface area contributed by atoms with Crippen molar-refractivity contribution in [3.63, 3.8) is 0 Å². The lowest BCUT2D eigenvalue weighted by atomic mass is 9.97. The lowest BCUT2D eigenvalue weighted by Gasteiger charge is -2.32. The second kappa shape index (κ2) is 7.51. The van der Waals surface area contributed by atoms with Gasteiger partial charge in [0.25, 0.3) is 11.3 Å². The number of aromatic nitrogens is 4. The predicted octanol–water partition coefficient (Wildman–Crippen LogP) is 2.64. The van der Waals surface area contributed by atoms with Crippen LogP contribution in [0.15, 0.2) is 29.3 Å². The van der Waals surface area contributed by atoms with Gasteiger partial charge in [-0.25, -0.2) is 4.98 Å². The number of pyridine rings is 1. The zero-order valence-electron chi connectivity index (χ0n) is 17.7. The van der Waals surface area contributed by atoms with Gasteiger partial charge in [0.1, 0.15) is 5.65 Å². The number of hydrogen-bond acceptors (Lipinski definition) is 5. The number of fused-ring (bicyclic) bond motifs is 4. The summed E-state index contributed by atoms with van der Waals surface area (Å²) in [5, 5.41) is 18.5. The van der Waals surface area contributed by atoms with E-state index in [1.807, 2.05) is 0 Å². The zero-order chi connectivity index (χ0) is 21.6. The minimum Gasteiger partial charge on any atom is -0.503 e. The van der Waals surface area contributed by atoms with Gasteiger partial charge in [-0.05, 0) is 56.7 Å². The maximum atomic E-state index is 12.6. The van der Waals surface area contributed by atoms with Gasteiger partial charge < -0.3 is 15.0 Å². The molecular formula is C23H27N5O3. The second-order valence-corrected chi connectivity index (χ2v) is 8.89. The van der Waals surface area contributed by atoms with Crippen molar-refractivity contribution < 1.29 is 9.90 Å². The largest absolute Gasteiger partial charge is 0.503 e. The van der Waals surface area contributed by atoms with Crippen LogP contribution >= 0.6 is 0 Å². The van der Waals surface area contributed by atoms with Crippen molar-refractivity contribution in [2.45, 2.75) is 64.0 Å². The molecule has 5 rings (SSSR count). The number of nitrogens with zero attached hydrogens (tertiary/aromatic N) is 4. The standard InChI is InChI=1S/C23H27N5O3/c1-15-12-28-21-17(15)8-7-16(25-21)6-2-5-11-24-22(31)19-20(30)18(29)13-27(26-19)14-23(28)9-3-4-10-23/h7-8,12-13,29H,2-6,9-11,14H2,1H3,(H,24,31). The molecule has 31 heavy (non-hydrogen) atoms. The fourth-order valence-corrected chi connectivity index (χ4v) is 5.08. The molecule has 0 aromatic carbocycles. The Balaban J connectivity index is 1.70. The Morgan fingerprint density at radius 3 is 2.71 bits per heavy atom. The molecule has 8 heteroatoms. The van der Waals surface area contributed by atoms with E-state index >= 15 is 0 Å². The van der Waals surface area contributed by atoms with E-state index in [1.54, 1.807) is 4.68 Å². The van der Waals surface area contributed by atoms with Crippen molar-refractivity contribution in [3.8, 4) is 5.75 Å². The first-order valence-corrected chi connectivity index (χ1v) is 11.0. The molecule has 0 unspecified atom stereocenters. The molecule has 4 heterocycles. The Morgan fingerprint density at radius 1 is 1.10 bits per heavy atom.